The topological polar surface area (TPSA) is 41.6 Å². The molecule has 0 aliphatic heterocycles. The van der Waals surface area contributed by atoms with Crippen molar-refractivity contribution in [3.63, 3.8) is 0 Å². The third kappa shape index (κ3) is 1.60. The highest BCUT2D eigenvalue weighted by Gasteiger charge is 2.46. The molecule has 11 heavy (non-hydrogen) atoms. The number of hydrogen-bond donors (Lipinski definition) is 1. The van der Waals surface area contributed by atoms with Crippen LogP contribution < -0.4 is 5.73 Å². The molecule has 3 heteroatoms. The number of hydrogen-bond acceptors (Lipinski definition) is 3. The van der Waals surface area contributed by atoms with Gasteiger partial charge in [-0.1, -0.05) is 0 Å². The standard InChI is InChI=1S/C8H17N3/c1-4-10-7-6(5-9)8(7)11(2)3/h6,8H,4-5,9H2,1-3H3. The van der Waals surface area contributed by atoms with E-state index in [-0.39, 0.29) is 0 Å². The normalized spacial score (nSPS) is 33.4. The van der Waals surface area contributed by atoms with Crippen molar-refractivity contribution in [2.24, 2.45) is 16.6 Å². The zero-order valence-corrected chi connectivity index (χ0v) is 7.54. The van der Waals surface area contributed by atoms with E-state index in [0.717, 1.165) is 13.1 Å². The summed E-state index contributed by atoms with van der Waals surface area (Å²) >= 11 is 0. The van der Waals surface area contributed by atoms with Gasteiger partial charge in [-0.15, -0.1) is 0 Å². The van der Waals surface area contributed by atoms with Gasteiger partial charge in [0, 0.05) is 24.7 Å². The van der Waals surface area contributed by atoms with Crippen LogP contribution >= 0.6 is 0 Å². The zero-order chi connectivity index (χ0) is 8.43. The van der Waals surface area contributed by atoms with Gasteiger partial charge in [0.2, 0.25) is 0 Å². The average Bonchev–Trinajstić information content (AvgIpc) is 2.63. The Hall–Kier alpha value is -0.410. The average molecular weight is 155 g/mol. The second-order valence-electron chi connectivity index (χ2n) is 3.15. The number of aliphatic imine (C=N–C) groups is 1. The highest BCUT2D eigenvalue weighted by Crippen LogP contribution is 2.29. The molecule has 3 nitrogen and oxygen atoms in total. The second kappa shape index (κ2) is 3.32. The van der Waals surface area contributed by atoms with Crippen LogP contribution in [0.15, 0.2) is 4.99 Å². The summed E-state index contributed by atoms with van der Waals surface area (Å²) in [5.74, 6) is 0.532. The summed E-state index contributed by atoms with van der Waals surface area (Å²) in [7, 11) is 4.15. The lowest BCUT2D eigenvalue weighted by Crippen LogP contribution is -2.19. The molecule has 0 spiro atoms. The summed E-state index contributed by atoms with van der Waals surface area (Å²) in [5.41, 5.74) is 6.87. The molecule has 0 bridgehead atoms. The third-order valence-electron chi connectivity index (χ3n) is 2.11. The summed E-state index contributed by atoms with van der Waals surface area (Å²) < 4.78 is 0. The van der Waals surface area contributed by atoms with Gasteiger partial charge in [-0.05, 0) is 21.0 Å². The lowest BCUT2D eigenvalue weighted by atomic mass is 10.4. The van der Waals surface area contributed by atoms with Crippen LogP contribution in [0.1, 0.15) is 6.92 Å². The monoisotopic (exact) mass is 155 g/mol. The number of nitrogens with two attached hydrogens (primary N) is 1. The van der Waals surface area contributed by atoms with E-state index in [2.05, 4.69) is 30.9 Å². The summed E-state index contributed by atoms with van der Waals surface area (Å²) in [5, 5.41) is 0. The van der Waals surface area contributed by atoms with Crippen LogP contribution in [0, 0.1) is 5.92 Å². The quantitative estimate of drug-likeness (QED) is 0.621. The lowest BCUT2D eigenvalue weighted by molar-refractivity contribution is 0.388. The Labute approximate surface area is 68.3 Å². The molecule has 0 aromatic carbocycles. The maximum atomic E-state index is 5.58. The van der Waals surface area contributed by atoms with Crippen molar-refractivity contribution in [2.75, 3.05) is 27.2 Å². The molecule has 0 aromatic heterocycles. The first-order valence-corrected chi connectivity index (χ1v) is 4.13. The molecule has 0 heterocycles. The Morgan fingerprint density at radius 2 is 2.18 bits per heavy atom. The maximum absolute atomic E-state index is 5.58. The minimum Gasteiger partial charge on any atom is -0.330 e. The largest absolute Gasteiger partial charge is 0.330 e. The third-order valence-corrected chi connectivity index (χ3v) is 2.11. The minimum absolute atomic E-state index is 0.528. The molecule has 2 unspecified atom stereocenters. The Kier molecular flexibility index (Phi) is 2.62. The molecule has 64 valence electrons. The van der Waals surface area contributed by atoms with Crippen LogP contribution in [0.5, 0.6) is 0 Å². The first kappa shape index (κ1) is 8.68. The van der Waals surface area contributed by atoms with Gasteiger partial charge >= 0.3 is 0 Å². The molecule has 1 aliphatic rings. The molecule has 1 saturated carbocycles. The van der Waals surface area contributed by atoms with E-state index in [4.69, 9.17) is 5.73 Å². The van der Waals surface area contributed by atoms with Gasteiger partial charge in [-0.3, -0.25) is 4.99 Å². The van der Waals surface area contributed by atoms with Crippen molar-refractivity contribution in [3.05, 3.63) is 0 Å². The van der Waals surface area contributed by atoms with Crippen LogP contribution in [0.2, 0.25) is 0 Å². The van der Waals surface area contributed by atoms with Crippen molar-refractivity contribution in [3.8, 4) is 0 Å². The van der Waals surface area contributed by atoms with Crippen molar-refractivity contribution in [1.82, 2.24) is 4.90 Å². The molecule has 2 atom stereocenters. The molecule has 0 saturated heterocycles. The second-order valence-corrected chi connectivity index (χ2v) is 3.15. The smallest absolute Gasteiger partial charge is 0.0569 e. The highest BCUT2D eigenvalue weighted by molar-refractivity contribution is 6.07. The van der Waals surface area contributed by atoms with Gasteiger partial charge in [0.1, 0.15) is 0 Å². The van der Waals surface area contributed by atoms with Gasteiger partial charge < -0.3 is 10.6 Å². The van der Waals surface area contributed by atoms with E-state index < -0.39 is 0 Å². The predicted molar refractivity (Wildman–Crippen MR) is 48.0 cm³/mol. The number of rotatable bonds is 3. The number of nitrogens with zero attached hydrogens (tertiary/aromatic N) is 2. The van der Waals surface area contributed by atoms with E-state index in [1.165, 1.54) is 5.71 Å². The molecule has 1 aliphatic carbocycles. The van der Waals surface area contributed by atoms with Gasteiger partial charge in [0.05, 0.1) is 6.04 Å². The molecule has 0 radical (unpaired) electrons. The molecule has 1 fully saturated rings. The molecular formula is C8H17N3. The maximum Gasteiger partial charge on any atom is 0.0569 e. The first-order chi connectivity index (χ1) is 5.22. The summed E-state index contributed by atoms with van der Waals surface area (Å²) in [6.07, 6.45) is 0. The van der Waals surface area contributed by atoms with Crippen LogP contribution in [0.3, 0.4) is 0 Å². The fourth-order valence-electron chi connectivity index (χ4n) is 1.55. The van der Waals surface area contributed by atoms with E-state index in [9.17, 15) is 0 Å². The van der Waals surface area contributed by atoms with Crippen LogP contribution in [-0.2, 0) is 0 Å². The Balaban J connectivity index is 2.52. The fourth-order valence-corrected chi connectivity index (χ4v) is 1.55. The van der Waals surface area contributed by atoms with Crippen LogP contribution in [-0.4, -0.2) is 43.8 Å². The van der Waals surface area contributed by atoms with Gasteiger partial charge in [0.15, 0.2) is 0 Å². The molecule has 0 amide bonds. The van der Waals surface area contributed by atoms with Crippen LogP contribution in [0.25, 0.3) is 0 Å². The lowest BCUT2D eigenvalue weighted by Gasteiger charge is -2.05. The highest BCUT2D eigenvalue weighted by atomic mass is 15.2. The van der Waals surface area contributed by atoms with Crippen molar-refractivity contribution < 1.29 is 0 Å². The van der Waals surface area contributed by atoms with Gasteiger partial charge in [-0.2, -0.15) is 0 Å². The molecular weight excluding hydrogens is 138 g/mol. The van der Waals surface area contributed by atoms with Gasteiger partial charge in [0.25, 0.3) is 0 Å². The zero-order valence-electron chi connectivity index (χ0n) is 7.54. The van der Waals surface area contributed by atoms with Crippen molar-refractivity contribution >= 4 is 5.71 Å². The Bertz CT molecular complexity index is 163. The van der Waals surface area contributed by atoms with E-state index in [0.29, 0.717) is 12.0 Å². The molecule has 0 aromatic rings. The Morgan fingerprint density at radius 1 is 1.55 bits per heavy atom. The van der Waals surface area contributed by atoms with Crippen molar-refractivity contribution in [1.29, 1.82) is 0 Å². The predicted octanol–water partition coefficient (Wildman–Crippen LogP) is -0.0340. The summed E-state index contributed by atoms with van der Waals surface area (Å²) in [6.45, 7) is 3.68. The van der Waals surface area contributed by atoms with Crippen LogP contribution in [0.4, 0.5) is 0 Å². The Morgan fingerprint density at radius 3 is 2.45 bits per heavy atom. The van der Waals surface area contributed by atoms with E-state index in [1.807, 2.05) is 0 Å². The summed E-state index contributed by atoms with van der Waals surface area (Å²) in [6, 6.07) is 0.528. The molecule has 2 N–H and O–H groups in total. The first-order valence-electron chi connectivity index (χ1n) is 4.13. The van der Waals surface area contributed by atoms with E-state index >= 15 is 0 Å². The van der Waals surface area contributed by atoms with E-state index in [1.54, 1.807) is 0 Å². The van der Waals surface area contributed by atoms with Gasteiger partial charge in [-0.25, -0.2) is 0 Å². The molecule has 1 rings (SSSR count). The van der Waals surface area contributed by atoms with Crippen molar-refractivity contribution in [2.45, 2.75) is 13.0 Å². The fraction of sp³-hybridized carbons (Fsp3) is 0.875. The summed E-state index contributed by atoms with van der Waals surface area (Å²) in [4.78, 5) is 6.57. The minimum atomic E-state index is 0.528. The SMILES string of the molecule is CCN=C1C(CN)C1N(C)C.